The Hall–Kier alpha value is -1.27. The van der Waals surface area contributed by atoms with E-state index < -0.39 is 11.7 Å². The van der Waals surface area contributed by atoms with Crippen LogP contribution in [0.25, 0.3) is 0 Å². The molecule has 31 heavy (non-hydrogen) atoms. The van der Waals surface area contributed by atoms with Gasteiger partial charge in [-0.25, -0.2) is 0 Å². The van der Waals surface area contributed by atoms with E-state index in [4.69, 9.17) is 9.47 Å². The molecule has 0 radical (unpaired) electrons. The average molecular weight is 556 g/mol. The van der Waals surface area contributed by atoms with Crippen molar-refractivity contribution in [1.82, 2.24) is 10.2 Å². The zero-order chi connectivity index (χ0) is 21.4. The summed E-state index contributed by atoms with van der Waals surface area (Å²) in [5, 5.41) is 3.36. The summed E-state index contributed by atoms with van der Waals surface area (Å²) >= 11 is 0. The molecule has 176 valence electrons. The fraction of sp³-hybridized carbons (Fsp3) is 0.667. The maximum Gasteiger partial charge on any atom is 0.416 e. The van der Waals surface area contributed by atoms with Gasteiger partial charge in [-0.05, 0) is 31.0 Å². The second kappa shape index (κ2) is 12.7. The molecule has 6 nitrogen and oxygen atoms in total. The van der Waals surface area contributed by atoms with Gasteiger partial charge in [-0.3, -0.25) is 4.99 Å². The monoisotopic (exact) mass is 556 g/mol. The van der Waals surface area contributed by atoms with Gasteiger partial charge in [0.2, 0.25) is 0 Å². The fourth-order valence-electron chi connectivity index (χ4n) is 3.73. The maximum atomic E-state index is 13.0. The molecular weight excluding hydrogens is 524 g/mol. The van der Waals surface area contributed by atoms with Gasteiger partial charge in [-0.15, -0.1) is 24.0 Å². The van der Waals surface area contributed by atoms with Crippen LogP contribution in [-0.4, -0.2) is 77.1 Å². The summed E-state index contributed by atoms with van der Waals surface area (Å²) in [4.78, 5) is 8.47. The Labute approximate surface area is 199 Å². The quantitative estimate of drug-likeness (QED) is 0.242. The number of nitrogens with one attached hydrogen (secondary N) is 1. The van der Waals surface area contributed by atoms with Gasteiger partial charge in [0.05, 0.1) is 18.8 Å². The highest BCUT2D eigenvalue weighted by atomic mass is 127. The number of aliphatic imine (C=N–C) groups is 1. The molecule has 0 aliphatic carbocycles. The number of ether oxygens (including phenoxy) is 2. The van der Waals surface area contributed by atoms with E-state index in [0.29, 0.717) is 44.4 Å². The third-order valence-corrected chi connectivity index (χ3v) is 5.46. The smallest absolute Gasteiger partial charge is 0.381 e. The lowest BCUT2D eigenvalue weighted by Crippen LogP contribution is -2.52. The van der Waals surface area contributed by atoms with Crippen molar-refractivity contribution in [2.24, 2.45) is 10.9 Å². The normalized spacial score (nSPS) is 20.0. The molecule has 1 unspecified atom stereocenters. The summed E-state index contributed by atoms with van der Waals surface area (Å²) in [5.41, 5.74) is -0.000171. The molecule has 0 aromatic heterocycles. The Morgan fingerprint density at radius 3 is 2.68 bits per heavy atom. The van der Waals surface area contributed by atoms with Crippen LogP contribution < -0.4 is 10.2 Å². The number of piperazine rings is 1. The van der Waals surface area contributed by atoms with Gasteiger partial charge in [-0.1, -0.05) is 6.07 Å². The zero-order valence-electron chi connectivity index (χ0n) is 17.9. The zero-order valence-corrected chi connectivity index (χ0v) is 20.2. The predicted molar refractivity (Wildman–Crippen MR) is 126 cm³/mol. The number of nitrogens with zero attached hydrogens (tertiary/aromatic N) is 3. The van der Waals surface area contributed by atoms with Gasteiger partial charge < -0.3 is 24.6 Å². The standard InChI is InChI=1S/C21H31F3N4O2.HI/c1-25-20(26-7-3-12-29-15-17-6-13-30-16-17)28-10-8-27(9-11-28)19-5-2-4-18(14-19)21(22,23)24;/h2,4-5,14,17H,3,6-13,15-16H2,1H3,(H,25,26);1H. The van der Waals surface area contributed by atoms with E-state index in [1.54, 1.807) is 13.1 Å². The maximum absolute atomic E-state index is 13.0. The number of anilines is 1. The molecular formula is C21H32F3IN4O2. The molecule has 1 aromatic carbocycles. The molecule has 0 amide bonds. The fourth-order valence-corrected chi connectivity index (χ4v) is 3.73. The molecule has 0 saturated carbocycles. The topological polar surface area (TPSA) is 49.3 Å². The summed E-state index contributed by atoms with van der Waals surface area (Å²) in [7, 11) is 1.75. The van der Waals surface area contributed by atoms with Crippen LogP contribution in [-0.2, 0) is 15.7 Å². The van der Waals surface area contributed by atoms with E-state index in [-0.39, 0.29) is 24.0 Å². The summed E-state index contributed by atoms with van der Waals surface area (Å²) in [6.45, 7) is 6.56. The van der Waals surface area contributed by atoms with Gasteiger partial charge in [-0.2, -0.15) is 13.2 Å². The predicted octanol–water partition coefficient (Wildman–Crippen LogP) is 3.46. The van der Waals surface area contributed by atoms with Gasteiger partial charge in [0.15, 0.2) is 5.96 Å². The molecule has 1 atom stereocenters. The summed E-state index contributed by atoms with van der Waals surface area (Å²) in [6, 6.07) is 5.53. The van der Waals surface area contributed by atoms with E-state index in [9.17, 15) is 13.2 Å². The van der Waals surface area contributed by atoms with E-state index >= 15 is 0 Å². The van der Waals surface area contributed by atoms with E-state index in [0.717, 1.165) is 51.2 Å². The number of rotatable bonds is 7. The van der Waals surface area contributed by atoms with Gasteiger partial charge >= 0.3 is 6.18 Å². The van der Waals surface area contributed by atoms with Crippen molar-refractivity contribution in [3.63, 3.8) is 0 Å². The largest absolute Gasteiger partial charge is 0.416 e. The van der Waals surface area contributed by atoms with Crippen molar-refractivity contribution in [3.8, 4) is 0 Å². The molecule has 2 saturated heterocycles. The number of guanidine groups is 1. The lowest BCUT2D eigenvalue weighted by molar-refractivity contribution is -0.137. The molecule has 0 bridgehead atoms. The van der Waals surface area contributed by atoms with E-state index in [2.05, 4.69) is 15.2 Å². The number of benzene rings is 1. The summed E-state index contributed by atoms with van der Waals surface area (Å²) in [5.74, 6) is 1.35. The molecule has 2 aliphatic heterocycles. The molecule has 10 heteroatoms. The minimum atomic E-state index is -4.32. The minimum absolute atomic E-state index is 0. The van der Waals surface area contributed by atoms with Crippen molar-refractivity contribution in [2.75, 3.05) is 71.1 Å². The first-order valence-corrected chi connectivity index (χ1v) is 10.5. The van der Waals surface area contributed by atoms with Crippen LogP contribution in [0.1, 0.15) is 18.4 Å². The van der Waals surface area contributed by atoms with Crippen LogP contribution >= 0.6 is 24.0 Å². The van der Waals surface area contributed by atoms with Crippen molar-refractivity contribution < 1.29 is 22.6 Å². The number of hydrogen-bond donors (Lipinski definition) is 1. The highest BCUT2D eigenvalue weighted by Gasteiger charge is 2.31. The first kappa shape index (κ1) is 26.0. The Morgan fingerprint density at radius 2 is 2.03 bits per heavy atom. The Morgan fingerprint density at radius 1 is 1.26 bits per heavy atom. The van der Waals surface area contributed by atoms with Crippen LogP contribution in [0.4, 0.5) is 18.9 Å². The van der Waals surface area contributed by atoms with E-state index in [1.807, 2.05) is 4.90 Å². The summed E-state index contributed by atoms with van der Waals surface area (Å²) < 4.78 is 49.9. The molecule has 2 aliphatic rings. The first-order chi connectivity index (χ1) is 14.5. The Kier molecular flexibility index (Phi) is 10.6. The highest BCUT2D eigenvalue weighted by Crippen LogP contribution is 2.31. The van der Waals surface area contributed by atoms with Crippen LogP contribution in [0.5, 0.6) is 0 Å². The number of hydrogen-bond acceptors (Lipinski definition) is 4. The van der Waals surface area contributed by atoms with Crippen molar-refractivity contribution in [3.05, 3.63) is 29.8 Å². The lowest BCUT2D eigenvalue weighted by Gasteiger charge is -2.37. The number of halogens is 4. The molecule has 1 aromatic rings. The second-order valence-corrected chi connectivity index (χ2v) is 7.65. The third kappa shape index (κ3) is 7.98. The van der Waals surface area contributed by atoms with Crippen LogP contribution in [0.2, 0.25) is 0 Å². The van der Waals surface area contributed by atoms with Crippen LogP contribution in [0.3, 0.4) is 0 Å². The average Bonchev–Trinajstić information content (AvgIpc) is 3.26. The van der Waals surface area contributed by atoms with Crippen LogP contribution in [0.15, 0.2) is 29.3 Å². The minimum Gasteiger partial charge on any atom is -0.381 e. The molecule has 1 N–H and O–H groups in total. The van der Waals surface area contributed by atoms with Gasteiger partial charge in [0.25, 0.3) is 0 Å². The molecule has 2 fully saturated rings. The highest BCUT2D eigenvalue weighted by molar-refractivity contribution is 14.0. The first-order valence-electron chi connectivity index (χ1n) is 10.5. The Bertz CT molecular complexity index is 691. The third-order valence-electron chi connectivity index (χ3n) is 5.46. The van der Waals surface area contributed by atoms with Crippen LogP contribution in [0, 0.1) is 5.92 Å². The molecule has 0 spiro atoms. The van der Waals surface area contributed by atoms with Crippen molar-refractivity contribution >= 4 is 35.6 Å². The van der Waals surface area contributed by atoms with E-state index in [1.165, 1.54) is 12.1 Å². The Balaban J connectivity index is 0.00000341. The molecule has 3 rings (SSSR count). The number of alkyl halides is 3. The van der Waals surface area contributed by atoms with Crippen molar-refractivity contribution in [2.45, 2.75) is 19.0 Å². The second-order valence-electron chi connectivity index (χ2n) is 7.65. The van der Waals surface area contributed by atoms with Gasteiger partial charge in [0, 0.05) is 64.6 Å². The lowest BCUT2D eigenvalue weighted by atomic mass is 10.1. The van der Waals surface area contributed by atoms with Gasteiger partial charge in [0.1, 0.15) is 0 Å². The molecule has 2 heterocycles. The summed E-state index contributed by atoms with van der Waals surface area (Å²) in [6.07, 6.45) is -2.35. The SMILES string of the molecule is CN=C(NCCCOCC1CCOC1)N1CCN(c2cccc(C(F)(F)F)c2)CC1.I. The van der Waals surface area contributed by atoms with Crippen molar-refractivity contribution in [1.29, 1.82) is 0 Å².